The Morgan fingerprint density at radius 2 is 2.38 bits per heavy atom. The predicted octanol–water partition coefficient (Wildman–Crippen LogP) is -0.739. The highest BCUT2D eigenvalue weighted by Crippen LogP contribution is 2.17. The molecule has 0 aromatic rings. The fourth-order valence-corrected chi connectivity index (χ4v) is 1.29. The largest absolute Gasteiger partial charge is 0.385 e. The third-order valence-electron chi connectivity index (χ3n) is 2.07. The minimum atomic E-state index is -0.834. The smallest absolute Gasteiger partial charge is 0.243 e. The molecule has 0 aromatic heterocycles. The van der Waals surface area contributed by atoms with Gasteiger partial charge in [0.25, 0.3) is 0 Å². The zero-order valence-electron chi connectivity index (χ0n) is 8.00. The molecule has 1 aliphatic heterocycles. The van der Waals surface area contributed by atoms with Crippen molar-refractivity contribution < 1.29 is 4.79 Å². The Morgan fingerprint density at radius 1 is 1.77 bits per heavy atom. The third-order valence-corrected chi connectivity index (χ3v) is 2.07. The van der Waals surface area contributed by atoms with Crippen LogP contribution in [0.25, 0.3) is 0 Å². The molecule has 74 valence electrons. The van der Waals surface area contributed by atoms with Crippen molar-refractivity contribution in [2.75, 3.05) is 6.54 Å². The van der Waals surface area contributed by atoms with Gasteiger partial charge in [-0.15, -0.1) is 0 Å². The number of hydrogen-bond acceptors (Lipinski definition) is 4. The first-order chi connectivity index (χ1) is 5.99. The van der Waals surface area contributed by atoms with E-state index in [-0.39, 0.29) is 0 Å². The summed E-state index contributed by atoms with van der Waals surface area (Å²) in [4.78, 5) is 11.1. The summed E-state index contributed by atoms with van der Waals surface area (Å²) in [6.45, 7) is 4.51. The Labute approximate surface area is 77.7 Å². The number of rotatable bonds is 3. The molecule has 5 heteroatoms. The molecular weight excluding hydrogens is 168 g/mol. The van der Waals surface area contributed by atoms with Crippen molar-refractivity contribution in [1.29, 1.82) is 0 Å². The van der Waals surface area contributed by atoms with Crippen LogP contribution in [0.3, 0.4) is 0 Å². The number of carbonyl (C=O) groups is 1. The van der Waals surface area contributed by atoms with Crippen LogP contribution in [0, 0.1) is 0 Å². The maximum atomic E-state index is 11.1. The number of amides is 1. The summed E-state index contributed by atoms with van der Waals surface area (Å²) >= 11 is 0. The van der Waals surface area contributed by atoms with Crippen LogP contribution in [0.5, 0.6) is 0 Å². The first kappa shape index (κ1) is 9.85. The molecule has 0 aromatic carbocycles. The van der Waals surface area contributed by atoms with E-state index >= 15 is 0 Å². The monoisotopic (exact) mass is 184 g/mol. The van der Waals surface area contributed by atoms with Crippen LogP contribution in [0.2, 0.25) is 0 Å². The lowest BCUT2D eigenvalue weighted by atomic mass is 10.0. The van der Waals surface area contributed by atoms with Crippen molar-refractivity contribution in [3.8, 4) is 0 Å². The summed E-state index contributed by atoms with van der Waals surface area (Å²) < 4.78 is 0. The predicted molar refractivity (Wildman–Crippen MR) is 50.0 cm³/mol. The average molecular weight is 184 g/mol. The lowest BCUT2D eigenvalue weighted by molar-refractivity contribution is -0.123. The molecule has 0 radical (unpaired) electrons. The van der Waals surface area contributed by atoms with Crippen molar-refractivity contribution in [1.82, 2.24) is 10.4 Å². The second kappa shape index (κ2) is 3.26. The second-order valence-electron chi connectivity index (χ2n) is 3.40. The number of nitrogens with two attached hydrogens (primary N) is 2. The topological polar surface area (TPSA) is 84.4 Å². The van der Waals surface area contributed by atoms with Crippen LogP contribution in [0.4, 0.5) is 0 Å². The fraction of sp³-hybridized carbons (Fsp3) is 0.625. The molecule has 0 spiro atoms. The van der Waals surface area contributed by atoms with Gasteiger partial charge in [0, 0.05) is 6.54 Å². The Morgan fingerprint density at radius 3 is 2.77 bits per heavy atom. The van der Waals surface area contributed by atoms with Crippen LogP contribution < -0.4 is 16.9 Å². The van der Waals surface area contributed by atoms with Gasteiger partial charge in [0.05, 0.1) is 0 Å². The molecule has 1 aliphatic rings. The summed E-state index contributed by atoms with van der Waals surface area (Å²) in [6, 6.07) is 0. The quantitative estimate of drug-likeness (QED) is 0.539. The van der Waals surface area contributed by atoms with Gasteiger partial charge in [0.15, 0.2) is 0 Å². The van der Waals surface area contributed by atoms with Gasteiger partial charge >= 0.3 is 0 Å². The minimum absolute atomic E-state index is 0.422. The Hall–Kier alpha value is -1.23. The maximum absolute atomic E-state index is 11.1. The fourth-order valence-electron chi connectivity index (χ4n) is 1.29. The lowest BCUT2D eigenvalue weighted by Crippen LogP contribution is -2.53. The van der Waals surface area contributed by atoms with Gasteiger partial charge in [-0.3, -0.25) is 9.80 Å². The van der Waals surface area contributed by atoms with Crippen molar-refractivity contribution in [3.63, 3.8) is 0 Å². The van der Waals surface area contributed by atoms with E-state index in [1.165, 1.54) is 0 Å². The van der Waals surface area contributed by atoms with Gasteiger partial charge in [-0.25, -0.2) is 5.43 Å². The van der Waals surface area contributed by atoms with Crippen LogP contribution in [0.1, 0.15) is 20.3 Å². The summed E-state index contributed by atoms with van der Waals surface area (Å²) in [5.74, 6) is 0.136. The first-order valence-electron chi connectivity index (χ1n) is 4.33. The lowest BCUT2D eigenvalue weighted by Gasteiger charge is -2.25. The van der Waals surface area contributed by atoms with Crippen molar-refractivity contribution in [2.24, 2.45) is 11.5 Å². The summed E-state index contributed by atoms with van der Waals surface area (Å²) in [7, 11) is 0. The van der Waals surface area contributed by atoms with Crippen molar-refractivity contribution in [3.05, 3.63) is 11.9 Å². The highest BCUT2D eigenvalue weighted by Gasteiger charge is 2.36. The third kappa shape index (κ3) is 1.75. The standard InChI is InChI=1S/C8H16N4O/c1-3-4-12-6(9)5-8(2,11-12)7(10)13/h5,11H,3-4,9H2,1-2H3,(H2,10,13). The first-order valence-corrected chi connectivity index (χ1v) is 4.33. The van der Waals surface area contributed by atoms with E-state index in [0.29, 0.717) is 5.82 Å². The SMILES string of the molecule is CCCN1NC(C)(C(N)=O)C=C1N. The number of nitrogens with one attached hydrogen (secondary N) is 1. The molecule has 0 aliphatic carbocycles. The summed E-state index contributed by atoms with van der Waals surface area (Å²) in [6.07, 6.45) is 2.60. The zero-order valence-corrected chi connectivity index (χ0v) is 8.00. The molecule has 1 amide bonds. The zero-order chi connectivity index (χ0) is 10.1. The van der Waals surface area contributed by atoms with E-state index in [9.17, 15) is 4.79 Å². The van der Waals surface area contributed by atoms with Crippen LogP contribution in [-0.4, -0.2) is 23.0 Å². The highest BCUT2D eigenvalue weighted by molar-refractivity contribution is 5.87. The Balaban J connectivity index is 2.74. The molecule has 13 heavy (non-hydrogen) atoms. The molecule has 0 fully saturated rings. The number of carbonyl (C=O) groups excluding carboxylic acids is 1. The molecule has 0 saturated carbocycles. The van der Waals surface area contributed by atoms with Crippen molar-refractivity contribution >= 4 is 5.91 Å². The Kier molecular flexibility index (Phi) is 2.47. The number of hydrazine groups is 1. The highest BCUT2D eigenvalue weighted by atomic mass is 16.1. The maximum Gasteiger partial charge on any atom is 0.243 e. The second-order valence-corrected chi connectivity index (χ2v) is 3.40. The molecule has 5 N–H and O–H groups in total. The van der Waals surface area contributed by atoms with E-state index in [1.807, 2.05) is 6.92 Å². The molecule has 1 heterocycles. The Bertz CT molecular complexity index is 251. The van der Waals surface area contributed by atoms with E-state index in [1.54, 1.807) is 18.0 Å². The van der Waals surface area contributed by atoms with Gasteiger partial charge in [-0.05, 0) is 19.4 Å². The number of nitrogens with zero attached hydrogens (tertiary/aromatic N) is 1. The van der Waals surface area contributed by atoms with Crippen LogP contribution in [0.15, 0.2) is 11.9 Å². The van der Waals surface area contributed by atoms with Gasteiger partial charge in [-0.1, -0.05) is 6.92 Å². The van der Waals surface area contributed by atoms with Gasteiger partial charge in [-0.2, -0.15) is 0 Å². The van der Waals surface area contributed by atoms with Crippen molar-refractivity contribution in [2.45, 2.75) is 25.8 Å². The van der Waals surface area contributed by atoms with Gasteiger partial charge in [0.2, 0.25) is 5.91 Å². The molecular formula is C8H16N4O. The number of hydrogen-bond donors (Lipinski definition) is 3. The van der Waals surface area contributed by atoms with Crippen LogP contribution >= 0.6 is 0 Å². The van der Waals surface area contributed by atoms with E-state index in [0.717, 1.165) is 13.0 Å². The molecule has 0 saturated heterocycles. The molecule has 1 atom stereocenters. The minimum Gasteiger partial charge on any atom is -0.385 e. The number of primary amides is 1. The molecule has 0 bridgehead atoms. The van der Waals surface area contributed by atoms with Gasteiger partial charge in [0.1, 0.15) is 11.4 Å². The normalized spacial score (nSPS) is 27.5. The summed E-state index contributed by atoms with van der Waals surface area (Å²) in [5, 5.41) is 1.74. The van der Waals surface area contributed by atoms with E-state index in [4.69, 9.17) is 11.5 Å². The summed E-state index contributed by atoms with van der Waals surface area (Å²) in [5.41, 5.74) is 13.0. The van der Waals surface area contributed by atoms with Crippen LogP contribution in [-0.2, 0) is 4.79 Å². The van der Waals surface area contributed by atoms with E-state index < -0.39 is 11.4 Å². The molecule has 1 rings (SSSR count). The average Bonchev–Trinajstić information content (AvgIpc) is 2.29. The molecule has 1 unspecified atom stereocenters. The van der Waals surface area contributed by atoms with E-state index in [2.05, 4.69) is 5.43 Å². The van der Waals surface area contributed by atoms with Gasteiger partial charge < -0.3 is 11.5 Å². The molecule has 5 nitrogen and oxygen atoms in total.